The number of amides is 1. The Morgan fingerprint density at radius 2 is 1.67 bits per heavy atom. The van der Waals surface area contributed by atoms with Crippen molar-refractivity contribution in [3.63, 3.8) is 0 Å². The molecule has 0 unspecified atom stereocenters. The van der Waals surface area contributed by atoms with Crippen molar-refractivity contribution in [2.75, 3.05) is 0 Å². The summed E-state index contributed by atoms with van der Waals surface area (Å²) in [6, 6.07) is 14.0. The van der Waals surface area contributed by atoms with Crippen molar-refractivity contribution in [2.24, 2.45) is 0 Å². The van der Waals surface area contributed by atoms with Gasteiger partial charge in [-0.05, 0) is 36.1 Å². The monoisotopic (exact) mass is 327 g/mol. The maximum absolute atomic E-state index is 11.9. The topological polar surface area (TPSA) is 75.6 Å². The summed E-state index contributed by atoms with van der Waals surface area (Å²) >= 11 is 0. The number of carbonyl (C=O) groups is 2. The molecule has 0 fully saturated rings. The fourth-order valence-electron chi connectivity index (χ4n) is 2.48. The van der Waals surface area contributed by atoms with E-state index in [0.717, 1.165) is 22.3 Å². The van der Waals surface area contributed by atoms with Crippen LogP contribution < -0.4 is 5.32 Å². The third-order valence-corrected chi connectivity index (χ3v) is 3.86. The van der Waals surface area contributed by atoms with E-state index in [4.69, 9.17) is 4.74 Å². The van der Waals surface area contributed by atoms with Gasteiger partial charge in [-0.15, -0.1) is 0 Å². The normalized spacial score (nSPS) is 11.6. The highest BCUT2D eigenvalue weighted by molar-refractivity contribution is 5.80. The quantitative estimate of drug-likeness (QED) is 0.854. The van der Waals surface area contributed by atoms with Crippen LogP contribution in [0.15, 0.2) is 48.5 Å². The van der Waals surface area contributed by atoms with E-state index < -0.39 is 18.1 Å². The van der Waals surface area contributed by atoms with Crippen LogP contribution in [0.2, 0.25) is 0 Å². The molecule has 0 spiro atoms. The average Bonchev–Trinajstić information content (AvgIpc) is 2.56. The van der Waals surface area contributed by atoms with Crippen molar-refractivity contribution >= 4 is 12.1 Å². The molecule has 0 bridgehead atoms. The molecule has 24 heavy (non-hydrogen) atoms. The van der Waals surface area contributed by atoms with Gasteiger partial charge in [0.1, 0.15) is 12.6 Å². The summed E-state index contributed by atoms with van der Waals surface area (Å²) in [6.07, 6.45) is -0.522. The molecular formula is C19H21NO4. The molecule has 0 aliphatic rings. The van der Waals surface area contributed by atoms with Gasteiger partial charge in [-0.1, -0.05) is 48.5 Å². The SMILES string of the molecule is Cc1cccc(C)c1C[C@H](NC(=O)OCc1ccccc1)C(=O)O. The summed E-state index contributed by atoms with van der Waals surface area (Å²) in [7, 11) is 0. The van der Waals surface area contributed by atoms with Crippen molar-refractivity contribution in [3.8, 4) is 0 Å². The highest BCUT2D eigenvalue weighted by Gasteiger charge is 2.22. The number of carboxylic acid groups (broad SMARTS) is 1. The van der Waals surface area contributed by atoms with Gasteiger partial charge in [-0.3, -0.25) is 0 Å². The number of nitrogens with one attached hydrogen (secondary N) is 1. The van der Waals surface area contributed by atoms with Crippen LogP contribution in [0, 0.1) is 13.8 Å². The molecule has 0 aromatic heterocycles. The van der Waals surface area contributed by atoms with Gasteiger partial charge in [-0.25, -0.2) is 9.59 Å². The molecule has 2 aromatic rings. The van der Waals surface area contributed by atoms with Gasteiger partial charge >= 0.3 is 12.1 Å². The van der Waals surface area contributed by atoms with Crippen LogP contribution >= 0.6 is 0 Å². The number of ether oxygens (including phenoxy) is 1. The fourth-order valence-corrected chi connectivity index (χ4v) is 2.48. The van der Waals surface area contributed by atoms with Crippen LogP contribution in [0.4, 0.5) is 4.79 Å². The molecule has 5 nitrogen and oxygen atoms in total. The third kappa shape index (κ3) is 4.84. The number of benzene rings is 2. The Kier molecular flexibility index (Phi) is 5.95. The minimum absolute atomic E-state index is 0.0996. The number of rotatable bonds is 6. The third-order valence-electron chi connectivity index (χ3n) is 3.86. The number of aliphatic carboxylic acids is 1. The van der Waals surface area contributed by atoms with Crippen molar-refractivity contribution in [1.29, 1.82) is 0 Å². The van der Waals surface area contributed by atoms with Crippen molar-refractivity contribution in [3.05, 3.63) is 70.8 Å². The smallest absolute Gasteiger partial charge is 0.408 e. The number of alkyl carbamates (subject to hydrolysis) is 1. The van der Waals surface area contributed by atoms with E-state index in [0.29, 0.717) is 0 Å². The van der Waals surface area contributed by atoms with E-state index >= 15 is 0 Å². The second-order valence-corrected chi connectivity index (χ2v) is 5.67. The lowest BCUT2D eigenvalue weighted by Crippen LogP contribution is -2.42. The lowest BCUT2D eigenvalue weighted by Gasteiger charge is -2.17. The molecular weight excluding hydrogens is 306 g/mol. The molecule has 1 amide bonds. The van der Waals surface area contributed by atoms with Gasteiger partial charge in [0.05, 0.1) is 0 Å². The summed E-state index contributed by atoms with van der Waals surface area (Å²) in [5, 5.41) is 11.8. The van der Waals surface area contributed by atoms with Gasteiger partial charge in [-0.2, -0.15) is 0 Å². The highest BCUT2D eigenvalue weighted by atomic mass is 16.5. The first-order chi connectivity index (χ1) is 11.5. The van der Waals surface area contributed by atoms with Crippen LogP contribution in [0.1, 0.15) is 22.3 Å². The van der Waals surface area contributed by atoms with Gasteiger partial charge in [0, 0.05) is 6.42 Å². The minimum Gasteiger partial charge on any atom is -0.480 e. The molecule has 0 radical (unpaired) electrons. The number of aryl methyl sites for hydroxylation is 2. The molecule has 0 aliphatic heterocycles. The molecule has 2 rings (SSSR count). The zero-order chi connectivity index (χ0) is 17.5. The zero-order valence-electron chi connectivity index (χ0n) is 13.8. The van der Waals surface area contributed by atoms with E-state index in [9.17, 15) is 14.7 Å². The summed E-state index contributed by atoms with van der Waals surface area (Å²) in [4.78, 5) is 23.4. The first-order valence-electron chi connectivity index (χ1n) is 7.72. The first-order valence-corrected chi connectivity index (χ1v) is 7.72. The van der Waals surface area contributed by atoms with Gasteiger partial charge in [0.2, 0.25) is 0 Å². The Labute approximate surface area is 141 Å². The van der Waals surface area contributed by atoms with Gasteiger partial charge in [0.25, 0.3) is 0 Å². The lowest BCUT2D eigenvalue weighted by atomic mass is 9.96. The average molecular weight is 327 g/mol. The van der Waals surface area contributed by atoms with E-state index in [1.54, 1.807) is 0 Å². The molecule has 126 valence electrons. The second-order valence-electron chi connectivity index (χ2n) is 5.67. The molecule has 0 aliphatic carbocycles. The van der Waals surface area contributed by atoms with Crippen LogP contribution in [0.5, 0.6) is 0 Å². The Balaban J connectivity index is 1.98. The van der Waals surface area contributed by atoms with E-state index in [2.05, 4.69) is 5.32 Å². The molecule has 0 saturated heterocycles. The fraction of sp³-hybridized carbons (Fsp3) is 0.263. The van der Waals surface area contributed by atoms with Gasteiger partial charge in [0.15, 0.2) is 0 Å². The first kappa shape index (κ1) is 17.5. The van der Waals surface area contributed by atoms with Gasteiger partial charge < -0.3 is 15.2 Å². The number of hydrogen-bond acceptors (Lipinski definition) is 3. The molecule has 2 N–H and O–H groups in total. The predicted octanol–water partition coefficient (Wildman–Crippen LogP) is 3.23. The van der Waals surface area contributed by atoms with Crippen molar-refractivity contribution in [1.82, 2.24) is 5.32 Å². The maximum atomic E-state index is 11.9. The molecule has 1 atom stereocenters. The van der Waals surface area contributed by atoms with Crippen LogP contribution in [0.3, 0.4) is 0 Å². The van der Waals surface area contributed by atoms with Crippen molar-refractivity contribution in [2.45, 2.75) is 32.9 Å². The van der Waals surface area contributed by atoms with Crippen LogP contribution in [-0.2, 0) is 22.6 Å². The highest BCUT2D eigenvalue weighted by Crippen LogP contribution is 2.15. The minimum atomic E-state index is -1.09. The number of carboxylic acids is 1. The molecule has 5 heteroatoms. The van der Waals surface area contributed by atoms with E-state index in [1.807, 2.05) is 62.4 Å². The van der Waals surface area contributed by atoms with E-state index in [1.165, 1.54) is 0 Å². The maximum Gasteiger partial charge on any atom is 0.408 e. The standard InChI is InChI=1S/C19H21NO4/c1-13-7-6-8-14(2)16(13)11-17(18(21)22)20-19(23)24-12-15-9-4-3-5-10-15/h3-10,17H,11-12H2,1-2H3,(H,20,23)(H,21,22)/t17-/m0/s1. The zero-order valence-corrected chi connectivity index (χ0v) is 13.8. The summed E-state index contributed by atoms with van der Waals surface area (Å²) in [5.41, 5.74) is 3.77. The largest absolute Gasteiger partial charge is 0.480 e. The second kappa shape index (κ2) is 8.15. The number of carbonyl (C=O) groups excluding carboxylic acids is 1. The lowest BCUT2D eigenvalue weighted by molar-refractivity contribution is -0.139. The summed E-state index contributed by atoms with van der Waals surface area (Å²) in [6.45, 7) is 3.95. The Morgan fingerprint density at radius 3 is 2.25 bits per heavy atom. The predicted molar refractivity (Wildman–Crippen MR) is 90.8 cm³/mol. The van der Waals surface area contributed by atoms with Crippen LogP contribution in [0.25, 0.3) is 0 Å². The Hall–Kier alpha value is -2.82. The molecule has 0 saturated carbocycles. The van der Waals surface area contributed by atoms with E-state index in [-0.39, 0.29) is 13.0 Å². The number of hydrogen-bond donors (Lipinski definition) is 2. The Morgan fingerprint density at radius 1 is 1.04 bits per heavy atom. The van der Waals surface area contributed by atoms with Crippen LogP contribution in [-0.4, -0.2) is 23.2 Å². The Bertz CT molecular complexity index is 692. The summed E-state index contributed by atoms with van der Waals surface area (Å²) < 4.78 is 5.09. The van der Waals surface area contributed by atoms with Crippen molar-refractivity contribution < 1.29 is 19.4 Å². The summed E-state index contributed by atoms with van der Waals surface area (Å²) in [5.74, 6) is -1.09. The molecule has 2 aromatic carbocycles. The molecule has 0 heterocycles.